The molecular weight excluding hydrogens is 1960 g/mol. The van der Waals surface area contributed by atoms with Crippen LogP contribution >= 0.6 is 0 Å². The quantitative estimate of drug-likeness (QED) is 0.113. The van der Waals surface area contributed by atoms with Gasteiger partial charge in [-0.25, -0.2) is 19.6 Å². The first-order valence-electron chi connectivity index (χ1n) is 25.8. The maximum Gasteiger partial charge on any atom is 0.429 e. The van der Waals surface area contributed by atoms with E-state index < -0.39 is 58.9 Å². The summed E-state index contributed by atoms with van der Waals surface area (Å²) < 4.78 is 126. The molecule has 0 saturated carbocycles. The molecule has 28 heteroatoms. The van der Waals surface area contributed by atoms with Crippen molar-refractivity contribution < 1.29 is 144 Å². The van der Waals surface area contributed by atoms with Crippen LogP contribution in [-0.2, 0) is 92.8 Å². The zero-order valence-corrected chi connectivity index (χ0v) is 57.3. The number of aryl methyl sites for hydroxylation is 1. The molecule has 4 radical (unpaired) electrons. The number of carboxylic acids is 2. The maximum atomic E-state index is 13.2. The Morgan fingerprint density at radius 3 is 1.14 bits per heavy atom. The van der Waals surface area contributed by atoms with Crippen LogP contribution in [0.2, 0.25) is 0 Å². The summed E-state index contributed by atoms with van der Waals surface area (Å²) in [6.07, 6.45) is 1.81. The fourth-order valence-electron chi connectivity index (χ4n) is 6.85. The van der Waals surface area contributed by atoms with Crippen LogP contribution < -0.4 is 5.10 Å². The normalized spacial score (nSPS) is 9.90. The number of aromatic carboxylic acids is 2. The van der Waals surface area contributed by atoms with E-state index in [9.17, 15) is 53.5 Å². The van der Waals surface area contributed by atoms with Gasteiger partial charge in [0.25, 0.3) is 0 Å². The van der Waals surface area contributed by atoms with Gasteiger partial charge < -0.3 is 40.2 Å². The number of rotatable bonds is 7. The summed E-state index contributed by atoms with van der Waals surface area (Å²) in [7, 11) is 0. The van der Waals surface area contributed by atoms with Crippen molar-refractivity contribution in [3.8, 4) is 56.5 Å². The van der Waals surface area contributed by atoms with E-state index in [-0.39, 0.29) is 114 Å². The minimum Gasteiger partial charge on any atom is -0.477 e. The summed E-state index contributed by atoms with van der Waals surface area (Å²) in [4.78, 5) is 50.6. The molecule has 12 rings (SSSR count). The van der Waals surface area contributed by atoms with Gasteiger partial charge >= 0.3 is 24.3 Å². The second-order valence-electron chi connectivity index (χ2n) is 17.4. The van der Waals surface area contributed by atoms with Crippen LogP contribution in [0.15, 0.2) is 231 Å². The van der Waals surface area contributed by atoms with E-state index in [4.69, 9.17) is 10.2 Å². The molecule has 0 spiro atoms. The maximum absolute atomic E-state index is 13.2. The molecule has 8 heterocycles. The average molecular weight is 2000 g/mol. The number of pyridine rings is 7. The topological polar surface area (TPSA) is 205 Å². The van der Waals surface area contributed by atoms with Crippen molar-refractivity contribution in [2.45, 2.75) is 19.3 Å². The van der Waals surface area contributed by atoms with Crippen LogP contribution in [0.4, 0.5) is 43.9 Å². The fraction of sp³-hybridized carbons (Fsp3) is 0.0455. The van der Waals surface area contributed by atoms with E-state index in [2.05, 4.69) is 74.3 Å². The van der Waals surface area contributed by atoms with Gasteiger partial charge in [0.2, 0.25) is 0 Å². The van der Waals surface area contributed by atoms with Crippen LogP contribution in [0, 0.1) is 54.5 Å². The third-order valence-electron chi connectivity index (χ3n) is 10.8. The Kier molecular flexibility index (Phi) is 35.7. The molecule has 0 amide bonds. The minimum absolute atomic E-state index is 0. The van der Waals surface area contributed by atoms with Gasteiger partial charge in [-0.1, -0.05) is 96.9 Å². The number of hydrogen-bond donors (Lipinski definition) is 2. The second-order valence-corrected chi connectivity index (χ2v) is 17.4. The third kappa shape index (κ3) is 27.6. The van der Waals surface area contributed by atoms with Crippen molar-refractivity contribution in [3.05, 3.63) is 307 Å². The molecule has 14 nitrogen and oxygen atoms in total. The summed E-state index contributed by atoms with van der Waals surface area (Å²) in [6, 6.07) is 60.3. The third-order valence-corrected chi connectivity index (χ3v) is 10.8. The van der Waals surface area contributed by atoms with Crippen molar-refractivity contribution in [3.63, 3.8) is 0 Å². The van der Waals surface area contributed by atoms with Crippen molar-refractivity contribution in [2.24, 2.45) is 0 Å². The Hall–Kier alpha value is -9.09. The zero-order valence-electron chi connectivity index (χ0n) is 47.7. The van der Waals surface area contributed by atoms with Gasteiger partial charge in [0, 0.05) is 147 Å². The van der Waals surface area contributed by atoms with Crippen molar-refractivity contribution >= 4 is 11.9 Å². The van der Waals surface area contributed by atoms with Gasteiger partial charge in [0.05, 0.1) is 5.69 Å². The standard InChI is InChI=1S/C13H9F3N.2C11H6F2N.C11H8N.C8H4F3N4.2C6H5NO2.4Ir/c1-9-6-10(12-4-2-3-5-17-12)8-11(7-9)13(14,15)16;2*12-8-4-5-9(10(13)7-8)11-3-1-2-6-14-11;1-2-6-10(7-3-1)11-8-4-5-9-12-11;9-8(10,11)7-13-6(14-15-7)5-3-1-2-4-12-5;2*8-6(9)5-3-1-2-4-7-5;;;;/h2-7H,1H3;2*1-4,6-7H;1-6,8-9H;1-4H;2*1-4H,(H,8,9);;;;/q5*-1;;;;;;. The van der Waals surface area contributed by atoms with Crippen LogP contribution in [-0.4, -0.2) is 67.1 Å². The second kappa shape index (κ2) is 41.5. The minimum atomic E-state index is -4.57. The van der Waals surface area contributed by atoms with E-state index in [1.165, 1.54) is 36.8 Å². The first-order chi connectivity index (χ1) is 43.2. The molecule has 0 bridgehead atoms. The molecule has 12 aromatic rings. The first kappa shape index (κ1) is 81.0. The van der Waals surface area contributed by atoms with E-state index in [0.29, 0.717) is 28.2 Å². The average Bonchev–Trinajstić information content (AvgIpc) is 1.03. The number of halogens is 10. The number of carbonyl (C=O) groups is 2. The fourth-order valence-corrected chi connectivity index (χ4v) is 6.85. The summed E-state index contributed by atoms with van der Waals surface area (Å²) >= 11 is 0. The molecule has 0 atom stereocenters. The molecule has 0 aliphatic heterocycles. The van der Waals surface area contributed by atoms with E-state index in [1.54, 1.807) is 129 Å². The Morgan fingerprint density at radius 2 is 0.819 bits per heavy atom. The van der Waals surface area contributed by atoms with Crippen molar-refractivity contribution in [2.75, 3.05) is 0 Å². The summed E-state index contributed by atoms with van der Waals surface area (Å²) in [6.45, 7) is 1.62. The number of nitrogens with zero attached hydrogens (tertiary/aromatic N) is 10. The number of alkyl halides is 6. The molecule has 4 aromatic carbocycles. The molecule has 94 heavy (non-hydrogen) atoms. The number of aromatic nitrogens is 10. The number of hydrogen-bond acceptors (Lipinski definition) is 11. The van der Waals surface area contributed by atoms with Crippen LogP contribution in [0.3, 0.4) is 0 Å². The van der Waals surface area contributed by atoms with Gasteiger partial charge in [-0.2, -0.15) is 26.3 Å². The Bertz CT molecular complexity index is 3950. The van der Waals surface area contributed by atoms with Crippen LogP contribution in [0.25, 0.3) is 56.5 Å². The number of carboxylic acid groups (broad SMARTS) is 2. The number of benzene rings is 4. The van der Waals surface area contributed by atoms with Gasteiger partial charge in [-0.15, -0.1) is 89.5 Å². The zero-order chi connectivity index (χ0) is 64.9. The van der Waals surface area contributed by atoms with Crippen LogP contribution in [0.1, 0.15) is 37.9 Å². The Labute approximate surface area is 585 Å². The first-order valence-corrected chi connectivity index (χ1v) is 25.8. The predicted molar refractivity (Wildman–Crippen MR) is 310 cm³/mol. The van der Waals surface area contributed by atoms with E-state index >= 15 is 0 Å². The molecular formula is C66H43F10Ir4N10O4-5. The molecule has 492 valence electrons. The van der Waals surface area contributed by atoms with Crippen LogP contribution in [0.5, 0.6) is 0 Å². The largest absolute Gasteiger partial charge is 0.477 e. The van der Waals surface area contributed by atoms with Gasteiger partial charge in [0.15, 0.2) is 0 Å². The Morgan fingerprint density at radius 1 is 0.436 bits per heavy atom. The summed E-state index contributed by atoms with van der Waals surface area (Å²) in [5.74, 6) is -5.92. The van der Waals surface area contributed by atoms with E-state index in [0.717, 1.165) is 41.6 Å². The predicted octanol–water partition coefficient (Wildman–Crippen LogP) is 15.1. The summed E-state index contributed by atoms with van der Waals surface area (Å²) in [5, 5.41) is 22.9. The summed E-state index contributed by atoms with van der Waals surface area (Å²) in [5.41, 5.74) is 4.33. The van der Waals surface area contributed by atoms with Crippen molar-refractivity contribution in [1.29, 1.82) is 0 Å². The van der Waals surface area contributed by atoms with Gasteiger partial charge in [0.1, 0.15) is 17.2 Å². The molecule has 0 aliphatic rings. The van der Waals surface area contributed by atoms with Gasteiger partial charge in [-0.3, -0.25) is 27.6 Å². The molecule has 8 aromatic heterocycles. The molecule has 0 aliphatic carbocycles. The monoisotopic (exact) mass is 2000 g/mol. The Balaban J connectivity index is 0.000000374. The van der Waals surface area contributed by atoms with Crippen molar-refractivity contribution in [1.82, 2.24) is 50.1 Å². The van der Waals surface area contributed by atoms with Gasteiger partial charge in [-0.05, 0) is 94.8 Å². The van der Waals surface area contributed by atoms with E-state index in [1.807, 2.05) is 42.5 Å². The molecule has 0 fully saturated rings. The smallest absolute Gasteiger partial charge is 0.429 e. The molecule has 0 unspecified atom stereocenters. The molecule has 2 N–H and O–H groups in total. The molecule has 0 saturated heterocycles. The SMILES string of the molecule is Cc1cc(-c2ccccn2)[c-]c(C(F)(F)F)c1.FC(F)(F)c1n[n-]c(-c2ccccn2)n1.Fc1c[c-]c(-c2ccccn2)c(F)c1.Fc1c[c-]c(-c2ccccn2)c(F)c1.O=C(O)c1ccccn1.O=C(O)c1ccccn1.[Ir].[Ir].[Ir].[Ir].[c-]1ccccc1-c1ccccn1.